The van der Waals surface area contributed by atoms with Gasteiger partial charge in [0.1, 0.15) is 0 Å². The first-order chi connectivity index (χ1) is 9.56. The van der Waals surface area contributed by atoms with Gasteiger partial charge in [-0.3, -0.25) is 4.79 Å². The summed E-state index contributed by atoms with van der Waals surface area (Å²) in [7, 11) is 0. The fourth-order valence-electron chi connectivity index (χ4n) is 2.11. The summed E-state index contributed by atoms with van der Waals surface area (Å²) in [5.41, 5.74) is 0.680. The van der Waals surface area contributed by atoms with Gasteiger partial charge in [0.25, 0.3) is 0 Å². The van der Waals surface area contributed by atoms with Crippen LogP contribution in [0.5, 0.6) is 0 Å². The highest BCUT2D eigenvalue weighted by Crippen LogP contribution is 2.17. The Hall–Kier alpha value is -1.92. The number of amides is 1. The van der Waals surface area contributed by atoms with Crippen LogP contribution in [0, 0.1) is 0 Å². The molecule has 1 aliphatic rings. The van der Waals surface area contributed by atoms with Crippen LogP contribution >= 0.6 is 0 Å². The number of rotatable bonds is 4. The Morgan fingerprint density at radius 2 is 2.00 bits per heavy atom. The molecule has 0 bridgehead atoms. The minimum atomic E-state index is -1.01. The highest BCUT2D eigenvalue weighted by atomic mass is 16.5. The van der Waals surface area contributed by atoms with E-state index in [0.29, 0.717) is 18.7 Å². The fraction of sp³-hybridized carbons (Fsp3) is 0.429. The Labute approximate surface area is 116 Å². The summed E-state index contributed by atoms with van der Waals surface area (Å²) in [6.45, 7) is 0.558. The molecule has 2 rings (SSSR count). The molecule has 3 N–H and O–H groups in total. The molecular weight excluding hydrogens is 262 g/mol. The molecule has 108 valence electrons. The lowest BCUT2D eigenvalue weighted by molar-refractivity contribution is -0.125. The molecule has 0 spiro atoms. The maximum absolute atomic E-state index is 11.8. The number of hydrogen-bond donors (Lipinski definition) is 3. The van der Waals surface area contributed by atoms with Gasteiger partial charge in [0.05, 0.1) is 24.2 Å². The van der Waals surface area contributed by atoms with E-state index in [-0.39, 0.29) is 17.9 Å². The Morgan fingerprint density at radius 1 is 1.30 bits per heavy atom. The molecule has 2 atom stereocenters. The normalized spacial score (nSPS) is 22.2. The maximum atomic E-state index is 11.8. The average Bonchev–Trinajstić information content (AvgIpc) is 2.42. The summed E-state index contributed by atoms with van der Waals surface area (Å²) >= 11 is 0. The predicted molar refractivity (Wildman–Crippen MR) is 71.6 cm³/mol. The van der Waals surface area contributed by atoms with E-state index >= 15 is 0 Å². The monoisotopic (exact) mass is 279 g/mol. The van der Waals surface area contributed by atoms with Gasteiger partial charge in [-0.05, 0) is 37.1 Å². The van der Waals surface area contributed by atoms with Crippen molar-refractivity contribution in [3.05, 3.63) is 29.8 Å². The van der Waals surface area contributed by atoms with Crippen molar-refractivity contribution in [3.63, 3.8) is 0 Å². The van der Waals surface area contributed by atoms with E-state index in [9.17, 15) is 14.7 Å². The second kappa shape index (κ2) is 6.49. The number of aliphatic hydroxyl groups excluding tert-OH is 1. The van der Waals surface area contributed by atoms with Gasteiger partial charge in [0.2, 0.25) is 5.91 Å². The average molecular weight is 279 g/mol. The van der Waals surface area contributed by atoms with Crippen LogP contribution in [0.3, 0.4) is 0 Å². The number of carboxylic acids is 1. The molecule has 1 aromatic carbocycles. The molecule has 6 nitrogen and oxygen atoms in total. The van der Waals surface area contributed by atoms with Gasteiger partial charge in [-0.2, -0.15) is 0 Å². The van der Waals surface area contributed by atoms with Gasteiger partial charge in [-0.1, -0.05) is 0 Å². The summed E-state index contributed by atoms with van der Waals surface area (Å²) in [5, 5.41) is 21.1. The van der Waals surface area contributed by atoms with Crippen LogP contribution in [0.4, 0.5) is 5.69 Å². The van der Waals surface area contributed by atoms with E-state index in [2.05, 4.69) is 5.32 Å². The second-order valence-corrected chi connectivity index (χ2v) is 4.75. The first-order valence-corrected chi connectivity index (χ1v) is 6.49. The van der Waals surface area contributed by atoms with Crippen LogP contribution in [0.1, 0.15) is 29.6 Å². The molecule has 0 aromatic heterocycles. The van der Waals surface area contributed by atoms with Gasteiger partial charge in [0, 0.05) is 12.3 Å². The zero-order valence-corrected chi connectivity index (χ0v) is 10.9. The molecule has 1 amide bonds. The standard InChI is InChI=1S/C14H17NO5/c16-11-2-1-7-20-12(11)8-13(17)15-10-5-3-9(4-6-10)14(18)19/h3-6,11-12,16H,1-2,7-8H2,(H,15,17)(H,18,19)/t11-,12-/m0/s1. The third-order valence-corrected chi connectivity index (χ3v) is 3.21. The maximum Gasteiger partial charge on any atom is 0.335 e. The lowest BCUT2D eigenvalue weighted by Crippen LogP contribution is -2.36. The van der Waals surface area contributed by atoms with Crippen LogP contribution in [0.15, 0.2) is 24.3 Å². The van der Waals surface area contributed by atoms with Crippen molar-refractivity contribution in [2.24, 2.45) is 0 Å². The zero-order chi connectivity index (χ0) is 14.5. The fourth-order valence-corrected chi connectivity index (χ4v) is 2.11. The molecular formula is C14H17NO5. The number of aromatic carboxylic acids is 1. The number of carbonyl (C=O) groups excluding carboxylic acids is 1. The molecule has 0 radical (unpaired) electrons. The number of carboxylic acid groups (broad SMARTS) is 1. The van der Waals surface area contributed by atoms with Crippen molar-refractivity contribution in [1.29, 1.82) is 0 Å². The molecule has 1 fully saturated rings. The smallest absolute Gasteiger partial charge is 0.335 e. The first-order valence-electron chi connectivity index (χ1n) is 6.49. The largest absolute Gasteiger partial charge is 0.478 e. The van der Waals surface area contributed by atoms with Gasteiger partial charge < -0.3 is 20.3 Å². The molecule has 6 heteroatoms. The molecule has 1 heterocycles. The molecule has 0 saturated carbocycles. The van der Waals surface area contributed by atoms with Crippen LogP contribution in [0.25, 0.3) is 0 Å². The predicted octanol–water partition coefficient (Wildman–Crippen LogP) is 1.25. The van der Waals surface area contributed by atoms with Crippen molar-refractivity contribution < 1.29 is 24.5 Å². The van der Waals surface area contributed by atoms with E-state index in [4.69, 9.17) is 9.84 Å². The number of nitrogens with one attached hydrogen (secondary N) is 1. The minimum absolute atomic E-state index is 0.0852. The van der Waals surface area contributed by atoms with Crippen LogP contribution in [-0.4, -0.2) is 40.9 Å². The van der Waals surface area contributed by atoms with Crippen molar-refractivity contribution in [3.8, 4) is 0 Å². The van der Waals surface area contributed by atoms with Crippen LogP contribution in [0.2, 0.25) is 0 Å². The van der Waals surface area contributed by atoms with E-state index in [1.807, 2.05) is 0 Å². The first kappa shape index (κ1) is 14.5. The number of benzene rings is 1. The van der Waals surface area contributed by atoms with Gasteiger partial charge in [0.15, 0.2) is 0 Å². The van der Waals surface area contributed by atoms with E-state index in [0.717, 1.165) is 6.42 Å². The summed E-state index contributed by atoms with van der Waals surface area (Å²) in [5.74, 6) is -1.28. The number of carbonyl (C=O) groups is 2. The van der Waals surface area contributed by atoms with Crippen molar-refractivity contribution in [2.45, 2.75) is 31.5 Å². The van der Waals surface area contributed by atoms with Crippen molar-refractivity contribution >= 4 is 17.6 Å². The lowest BCUT2D eigenvalue weighted by atomic mass is 10.0. The summed E-state index contributed by atoms with van der Waals surface area (Å²) in [6, 6.07) is 5.90. The molecule has 1 saturated heterocycles. The highest BCUT2D eigenvalue weighted by molar-refractivity contribution is 5.92. The number of ether oxygens (including phenoxy) is 1. The van der Waals surface area contributed by atoms with E-state index in [1.165, 1.54) is 24.3 Å². The lowest BCUT2D eigenvalue weighted by Gasteiger charge is -2.27. The number of anilines is 1. The summed E-state index contributed by atoms with van der Waals surface area (Å²) in [4.78, 5) is 22.5. The third kappa shape index (κ3) is 3.79. The Balaban J connectivity index is 1.89. The SMILES string of the molecule is O=C(C[C@@H]1OCCC[C@@H]1O)Nc1ccc(C(=O)O)cc1. The Morgan fingerprint density at radius 3 is 2.60 bits per heavy atom. The molecule has 1 aliphatic heterocycles. The van der Waals surface area contributed by atoms with Gasteiger partial charge in [-0.15, -0.1) is 0 Å². The van der Waals surface area contributed by atoms with E-state index in [1.54, 1.807) is 0 Å². The van der Waals surface area contributed by atoms with Gasteiger partial charge in [-0.25, -0.2) is 4.79 Å². The van der Waals surface area contributed by atoms with Crippen molar-refractivity contribution in [2.75, 3.05) is 11.9 Å². The summed E-state index contributed by atoms with van der Waals surface area (Å²) in [6.07, 6.45) is 0.453. The number of hydrogen-bond acceptors (Lipinski definition) is 4. The quantitative estimate of drug-likeness (QED) is 0.771. The van der Waals surface area contributed by atoms with E-state index < -0.39 is 18.2 Å². The van der Waals surface area contributed by atoms with Crippen LogP contribution < -0.4 is 5.32 Å². The second-order valence-electron chi connectivity index (χ2n) is 4.75. The molecule has 0 aliphatic carbocycles. The van der Waals surface area contributed by atoms with Gasteiger partial charge >= 0.3 is 5.97 Å². The Bertz CT molecular complexity index is 485. The molecule has 1 aromatic rings. The highest BCUT2D eigenvalue weighted by Gasteiger charge is 2.26. The van der Waals surface area contributed by atoms with Crippen LogP contribution in [-0.2, 0) is 9.53 Å². The molecule has 20 heavy (non-hydrogen) atoms. The zero-order valence-electron chi connectivity index (χ0n) is 10.9. The third-order valence-electron chi connectivity index (χ3n) is 3.21. The number of aliphatic hydroxyl groups is 1. The molecule has 0 unspecified atom stereocenters. The Kier molecular flexibility index (Phi) is 4.70. The summed E-state index contributed by atoms with van der Waals surface area (Å²) < 4.78 is 5.36. The van der Waals surface area contributed by atoms with Crippen molar-refractivity contribution in [1.82, 2.24) is 0 Å². The topological polar surface area (TPSA) is 95.9 Å². The minimum Gasteiger partial charge on any atom is -0.478 e.